The second-order valence-corrected chi connectivity index (χ2v) is 16.0. The zero-order chi connectivity index (χ0) is 40.1. The van der Waals surface area contributed by atoms with Gasteiger partial charge in [0.15, 0.2) is 6.10 Å². The van der Waals surface area contributed by atoms with Crippen LogP contribution in [0.2, 0.25) is 0 Å². The van der Waals surface area contributed by atoms with Crippen molar-refractivity contribution in [1.82, 2.24) is 0 Å². The average Bonchev–Trinajstić information content (AvgIpc) is 3.18. The molecule has 0 aromatic carbocycles. The molecule has 1 unspecified atom stereocenters. The van der Waals surface area contributed by atoms with E-state index in [2.05, 4.69) is 45.1 Å². The van der Waals surface area contributed by atoms with Crippen molar-refractivity contribution < 1.29 is 28.6 Å². The molecule has 0 spiro atoms. The van der Waals surface area contributed by atoms with Gasteiger partial charge in [0.05, 0.1) is 0 Å². The Morgan fingerprint density at radius 3 is 0.982 bits per heavy atom. The topological polar surface area (TPSA) is 78.9 Å². The highest BCUT2D eigenvalue weighted by Crippen LogP contribution is 2.15. The third-order valence-electron chi connectivity index (χ3n) is 10.4. The monoisotopic (exact) mass is 775 g/mol. The first-order chi connectivity index (χ1) is 27.0. The minimum absolute atomic E-state index is 0.0754. The number of carbonyl (C=O) groups is 3. The van der Waals surface area contributed by atoms with Crippen LogP contribution in [0.25, 0.3) is 0 Å². The summed E-state index contributed by atoms with van der Waals surface area (Å²) in [4.78, 5) is 37.7. The quantitative estimate of drug-likeness (QED) is 0.0266. The van der Waals surface area contributed by atoms with E-state index in [1.165, 1.54) is 135 Å². The summed E-state index contributed by atoms with van der Waals surface area (Å²) in [6.07, 6.45) is 48.7. The lowest BCUT2D eigenvalue weighted by Gasteiger charge is -2.18. The third-order valence-corrected chi connectivity index (χ3v) is 10.4. The summed E-state index contributed by atoms with van der Waals surface area (Å²) in [7, 11) is 0. The van der Waals surface area contributed by atoms with Crippen LogP contribution in [-0.4, -0.2) is 37.2 Å². The van der Waals surface area contributed by atoms with Gasteiger partial charge < -0.3 is 14.2 Å². The van der Waals surface area contributed by atoms with Gasteiger partial charge in [-0.1, -0.05) is 193 Å². The Labute approximate surface area is 341 Å². The lowest BCUT2D eigenvalue weighted by Crippen LogP contribution is -2.30. The Morgan fingerprint density at radius 1 is 0.345 bits per heavy atom. The van der Waals surface area contributed by atoms with Crippen LogP contribution < -0.4 is 0 Å². The highest BCUT2D eigenvalue weighted by atomic mass is 16.6. The fourth-order valence-electron chi connectivity index (χ4n) is 6.79. The molecule has 0 aliphatic heterocycles. The molecule has 0 N–H and O–H groups in total. The van der Waals surface area contributed by atoms with Crippen LogP contribution in [-0.2, 0) is 28.6 Å². The summed E-state index contributed by atoms with van der Waals surface area (Å²) >= 11 is 0. The van der Waals surface area contributed by atoms with Crippen molar-refractivity contribution in [1.29, 1.82) is 0 Å². The molecule has 0 radical (unpaired) electrons. The fourth-order valence-corrected chi connectivity index (χ4v) is 6.79. The van der Waals surface area contributed by atoms with Crippen LogP contribution in [0.3, 0.4) is 0 Å². The van der Waals surface area contributed by atoms with E-state index >= 15 is 0 Å². The lowest BCUT2D eigenvalue weighted by molar-refractivity contribution is -0.167. The average molecular weight is 775 g/mol. The molecule has 6 heteroatoms. The summed E-state index contributed by atoms with van der Waals surface area (Å²) in [5.41, 5.74) is 0. The molecule has 0 amide bonds. The summed E-state index contributed by atoms with van der Waals surface area (Å²) < 4.78 is 16.7. The maximum Gasteiger partial charge on any atom is 0.306 e. The van der Waals surface area contributed by atoms with Gasteiger partial charge in [-0.3, -0.25) is 14.4 Å². The number of carbonyl (C=O) groups excluding carboxylic acids is 3. The second kappa shape index (κ2) is 44.6. The van der Waals surface area contributed by atoms with Crippen molar-refractivity contribution >= 4 is 17.9 Å². The maximum absolute atomic E-state index is 12.7. The first-order valence-electron chi connectivity index (χ1n) is 23.8. The number of ether oxygens (including phenoxy) is 3. The van der Waals surface area contributed by atoms with E-state index < -0.39 is 6.10 Å². The van der Waals surface area contributed by atoms with Gasteiger partial charge in [-0.25, -0.2) is 0 Å². The molecule has 0 heterocycles. The number of allylic oxidation sites excluding steroid dienone is 4. The van der Waals surface area contributed by atoms with Crippen LogP contribution in [0, 0.1) is 0 Å². The molecule has 0 saturated heterocycles. The van der Waals surface area contributed by atoms with Crippen molar-refractivity contribution in [2.75, 3.05) is 13.2 Å². The van der Waals surface area contributed by atoms with Gasteiger partial charge in [-0.05, 0) is 64.2 Å². The molecule has 0 aromatic rings. The summed E-state index contributed by atoms with van der Waals surface area (Å²) in [6.45, 7) is 6.56. The van der Waals surface area contributed by atoms with E-state index in [1.807, 2.05) is 0 Å². The second-order valence-electron chi connectivity index (χ2n) is 16.0. The largest absolute Gasteiger partial charge is 0.462 e. The Bertz CT molecular complexity index is 896. The van der Waals surface area contributed by atoms with E-state index in [4.69, 9.17) is 14.2 Å². The van der Waals surface area contributed by atoms with Gasteiger partial charge in [0.25, 0.3) is 0 Å². The summed E-state index contributed by atoms with van der Waals surface area (Å²) in [6, 6.07) is 0. The van der Waals surface area contributed by atoms with E-state index in [9.17, 15) is 14.4 Å². The van der Waals surface area contributed by atoms with Crippen LogP contribution in [0.5, 0.6) is 0 Å². The molecule has 0 aromatic heterocycles. The van der Waals surface area contributed by atoms with Gasteiger partial charge in [-0.2, -0.15) is 0 Å². The molecular weight excluding hydrogens is 685 g/mol. The normalized spacial score (nSPS) is 12.1. The highest BCUT2D eigenvalue weighted by molar-refractivity contribution is 5.71. The van der Waals surface area contributed by atoms with Crippen LogP contribution in [0.15, 0.2) is 24.3 Å². The van der Waals surface area contributed by atoms with Gasteiger partial charge >= 0.3 is 17.9 Å². The van der Waals surface area contributed by atoms with Crippen LogP contribution >= 0.6 is 0 Å². The molecule has 0 rings (SSSR count). The van der Waals surface area contributed by atoms with Gasteiger partial charge in [-0.15, -0.1) is 0 Å². The molecule has 0 fully saturated rings. The minimum Gasteiger partial charge on any atom is -0.462 e. The molecule has 322 valence electrons. The van der Waals surface area contributed by atoms with Gasteiger partial charge in [0.1, 0.15) is 13.2 Å². The van der Waals surface area contributed by atoms with E-state index in [0.29, 0.717) is 19.3 Å². The molecule has 0 aliphatic rings. The van der Waals surface area contributed by atoms with Crippen molar-refractivity contribution in [3.63, 3.8) is 0 Å². The molecular formula is C49H90O6. The summed E-state index contributed by atoms with van der Waals surface area (Å²) in [5, 5.41) is 0. The molecule has 1 atom stereocenters. The first kappa shape index (κ1) is 52.9. The van der Waals surface area contributed by atoms with E-state index in [-0.39, 0.29) is 31.1 Å². The smallest absolute Gasteiger partial charge is 0.306 e. The number of hydrogen-bond acceptors (Lipinski definition) is 6. The number of hydrogen-bond donors (Lipinski definition) is 0. The van der Waals surface area contributed by atoms with E-state index in [0.717, 1.165) is 77.0 Å². The third kappa shape index (κ3) is 42.9. The van der Waals surface area contributed by atoms with Crippen LogP contribution in [0.1, 0.15) is 252 Å². The Hall–Kier alpha value is -2.11. The lowest BCUT2D eigenvalue weighted by atomic mass is 10.1. The minimum atomic E-state index is -0.771. The van der Waals surface area contributed by atoms with Crippen molar-refractivity contribution in [2.24, 2.45) is 0 Å². The molecule has 0 saturated carbocycles. The highest BCUT2D eigenvalue weighted by Gasteiger charge is 2.19. The van der Waals surface area contributed by atoms with Crippen molar-refractivity contribution in [3.05, 3.63) is 24.3 Å². The summed E-state index contributed by atoms with van der Waals surface area (Å²) in [5.74, 6) is -0.888. The fraction of sp³-hybridized carbons (Fsp3) is 0.857. The van der Waals surface area contributed by atoms with Crippen molar-refractivity contribution in [2.45, 2.75) is 258 Å². The predicted octanol–water partition coefficient (Wildman–Crippen LogP) is 15.2. The Morgan fingerprint density at radius 2 is 0.636 bits per heavy atom. The molecule has 0 aliphatic carbocycles. The molecule has 55 heavy (non-hydrogen) atoms. The number of esters is 3. The van der Waals surface area contributed by atoms with Crippen LogP contribution in [0.4, 0.5) is 0 Å². The maximum atomic E-state index is 12.7. The first-order valence-corrected chi connectivity index (χ1v) is 23.8. The number of unbranched alkanes of at least 4 members (excludes halogenated alkanes) is 28. The standard InChI is InChI=1S/C49H90O6/c1-4-7-10-13-16-19-22-23-24-25-26-28-30-33-36-39-42-48(51)54-45-46(44-53-47(50)41-38-35-32-29-21-18-15-12-9-6-3)55-49(52)43-40-37-34-31-27-20-17-14-11-8-5-2/h12,15,24-25,46H,4-11,13-14,16-23,26-45H2,1-3H3/b15-12-,25-24-. The van der Waals surface area contributed by atoms with Gasteiger partial charge in [0, 0.05) is 19.3 Å². The molecule has 6 nitrogen and oxygen atoms in total. The Kier molecular flexibility index (Phi) is 42.9. The molecule has 0 bridgehead atoms. The Balaban J connectivity index is 4.32. The predicted molar refractivity (Wildman–Crippen MR) is 233 cm³/mol. The zero-order valence-electron chi connectivity index (χ0n) is 36.7. The number of rotatable bonds is 43. The van der Waals surface area contributed by atoms with Crippen molar-refractivity contribution in [3.8, 4) is 0 Å². The zero-order valence-corrected chi connectivity index (χ0v) is 36.7. The van der Waals surface area contributed by atoms with Gasteiger partial charge in [0.2, 0.25) is 0 Å². The SMILES string of the molecule is CCC/C=C\CCCCCCCC(=O)OCC(COC(=O)CCCCCCC/C=C\CCCCCCCCC)OC(=O)CCCCCCCCCCCCC. The van der Waals surface area contributed by atoms with E-state index in [1.54, 1.807) is 0 Å².